The Hall–Kier alpha value is -4.37. The van der Waals surface area contributed by atoms with Gasteiger partial charge in [-0.2, -0.15) is 5.10 Å². The van der Waals surface area contributed by atoms with E-state index in [-0.39, 0.29) is 16.4 Å². The fourth-order valence-electron chi connectivity index (χ4n) is 4.02. The van der Waals surface area contributed by atoms with Gasteiger partial charge in [0.1, 0.15) is 18.3 Å². The van der Waals surface area contributed by atoms with Crippen molar-refractivity contribution in [2.75, 3.05) is 6.61 Å². The summed E-state index contributed by atoms with van der Waals surface area (Å²) in [4.78, 5) is 59.7. The molecule has 0 unspecified atom stereocenters. The Bertz CT molecular complexity index is 1420. The maximum Gasteiger partial charge on any atom is 0.345 e. The zero-order chi connectivity index (χ0) is 30.3. The molecule has 1 aromatic carbocycles. The molecule has 3 rings (SSSR count). The van der Waals surface area contributed by atoms with E-state index in [1.54, 1.807) is 37.3 Å². The van der Waals surface area contributed by atoms with E-state index >= 15 is 0 Å². The lowest BCUT2D eigenvalue weighted by atomic mass is 9.97. The van der Waals surface area contributed by atoms with Crippen LogP contribution in [0.4, 0.5) is 0 Å². The summed E-state index contributed by atoms with van der Waals surface area (Å²) in [6, 6.07) is 8.60. The summed E-state index contributed by atoms with van der Waals surface area (Å²) < 4.78 is 32.4. The molecule has 1 aliphatic heterocycles. The van der Waals surface area contributed by atoms with Gasteiger partial charge >= 0.3 is 29.5 Å². The third-order valence-corrected chi connectivity index (χ3v) is 5.83. The number of hydrazone groups is 1. The van der Waals surface area contributed by atoms with Gasteiger partial charge in [0.25, 0.3) is 0 Å². The Morgan fingerprint density at radius 3 is 2.15 bits per heavy atom. The number of thiocarbonyl (C=S) groups is 1. The number of esters is 4. The Kier molecular flexibility index (Phi) is 10.5. The molecule has 0 spiro atoms. The molecule has 220 valence electrons. The molecule has 14 nitrogen and oxygen atoms in total. The van der Waals surface area contributed by atoms with Gasteiger partial charge in [-0.3, -0.25) is 24.6 Å². The van der Waals surface area contributed by atoms with Gasteiger partial charge in [-0.05, 0) is 31.3 Å². The Labute approximate surface area is 239 Å². The minimum atomic E-state index is -1.37. The minimum Gasteiger partial charge on any atom is -0.463 e. The number of para-hydroxylation sites is 1. The molecule has 5 atom stereocenters. The van der Waals surface area contributed by atoms with Crippen LogP contribution < -0.4 is 16.4 Å². The van der Waals surface area contributed by atoms with E-state index in [0.717, 1.165) is 20.8 Å². The molecule has 1 aliphatic rings. The van der Waals surface area contributed by atoms with Crippen LogP contribution in [0.1, 0.15) is 40.2 Å². The number of benzene rings is 1. The van der Waals surface area contributed by atoms with Crippen molar-refractivity contribution in [1.82, 2.24) is 10.7 Å². The lowest BCUT2D eigenvalue weighted by Gasteiger charge is -2.44. The third-order valence-electron chi connectivity index (χ3n) is 5.62. The van der Waals surface area contributed by atoms with Crippen molar-refractivity contribution in [2.45, 2.75) is 65.3 Å². The number of hydrogen-bond acceptors (Lipinski definition) is 13. The molecule has 41 heavy (non-hydrogen) atoms. The first-order valence-electron chi connectivity index (χ1n) is 12.3. The minimum absolute atomic E-state index is 0.143. The van der Waals surface area contributed by atoms with E-state index in [1.807, 2.05) is 0 Å². The topological polar surface area (TPSA) is 181 Å². The summed E-state index contributed by atoms with van der Waals surface area (Å²) >= 11 is 5.32. The van der Waals surface area contributed by atoms with Crippen LogP contribution >= 0.6 is 12.2 Å². The molecule has 1 saturated heterocycles. The van der Waals surface area contributed by atoms with Crippen molar-refractivity contribution >= 4 is 57.9 Å². The molecule has 2 aromatic rings. The summed E-state index contributed by atoms with van der Waals surface area (Å²) in [5.41, 5.74) is 2.82. The van der Waals surface area contributed by atoms with Gasteiger partial charge in [0, 0.05) is 33.1 Å². The zero-order valence-corrected chi connectivity index (χ0v) is 23.6. The lowest BCUT2D eigenvalue weighted by molar-refractivity contribution is -0.254. The lowest BCUT2D eigenvalue weighted by Crippen LogP contribution is -2.66. The van der Waals surface area contributed by atoms with Gasteiger partial charge in [0.05, 0.1) is 11.3 Å². The highest BCUT2D eigenvalue weighted by atomic mass is 32.1. The highest BCUT2D eigenvalue weighted by Gasteiger charge is 2.52. The first-order valence-corrected chi connectivity index (χ1v) is 12.7. The summed E-state index contributed by atoms with van der Waals surface area (Å²) in [6.45, 7) is 5.68. The van der Waals surface area contributed by atoms with E-state index in [9.17, 15) is 24.0 Å². The van der Waals surface area contributed by atoms with Gasteiger partial charge in [-0.15, -0.1) is 0 Å². The Balaban J connectivity index is 1.87. The number of fused-ring (bicyclic) bond motifs is 1. The number of ether oxygens (including phenoxy) is 5. The standard InChI is InChI=1S/C26H29N3O11S/c1-12(18-10-17-8-6-7-9-19(17)40-25(18)34)28-29-26(41)27-24-23(38-16(5)33)22(37-15(4)32)21(36-14(3)31)20(39-24)11-35-13(2)30/h6-10,20-24H,11H2,1-5H3,(H2,27,29,41)/b28-12+/t20-,21-,22+,23-,24-/m1/s1. The van der Waals surface area contributed by atoms with E-state index in [0.29, 0.717) is 11.0 Å². The normalized spacial score (nSPS) is 22.3. The highest BCUT2D eigenvalue weighted by Crippen LogP contribution is 2.28. The summed E-state index contributed by atoms with van der Waals surface area (Å²) in [5.74, 6) is -2.94. The summed E-state index contributed by atoms with van der Waals surface area (Å²) in [5, 5.41) is 7.44. The zero-order valence-electron chi connectivity index (χ0n) is 22.8. The van der Waals surface area contributed by atoms with E-state index in [4.69, 9.17) is 40.3 Å². The molecular weight excluding hydrogens is 562 g/mol. The second-order valence-electron chi connectivity index (χ2n) is 8.89. The third kappa shape index (κ3) is 8.56. The predicted octanol–water partition coefficient (Wildman–Crippen LogP) is 1.06. The second kappa shape index (κ2) is 13.8. The quantitative estimate of drug-likeness (QED) is 0.111. The molecule has 0 aliphatic carbocycles. The molecule has 2 heterocycles. The van der Waals surface area contributed by atoms with Gasteiger partial charge < -0.3 is 33.4 Å². The van der Waals surface area contributed by atoms with E-state index in [2.05, 4.69) is 15.8 Å². The monoisotopic (exact) mass is 591 g/mol. The molecule has 0 saturated carbocycles. The highest BCUT2D eigenvalue weighted by molar-refractivity contribution is 7.80. The van der Waals surface area contributed by atoms with Gasteiger partial charge in [0.15, 0.2) is 29.7 Å². The Morgan fingerprint density at radius 2 is 1.51 bits per heavy atom. The molecule has 2 N–H and O–H groups in total. The molecule has 1 aromatic heterocycles. The number of nitrogens with one attached hydrogen (secondary N) is 2. The maximum absolute atomic E-state index is 12.5. The van der Waals surface area contributed by atoms with Crippen molar-refractivity contribution < 1.29 is 47.3 Å². The SMILES string of the molecule is CC(=O)OC[C@H]1O[C@@H](NC(=S)N/N=C(\C)c2cc3ccccc3oc2=O)[C@H](OC(C)=O)[C@@H](OC(C)=O)[C@@H]1OC(C)=O. The maximum atomic E-state index is 12.5. The predicted molar refractivity (Wildman–Crippen MR) is 146 cm³/mol. The average Bonchev–Trinajstić information content (AvgIpc) is 2.88. The molecule has 15 heteroatoms. The van der Waals surface area contributed by atoms with Crippen LogP contribution in [0.3, 0.4) is 0 Å². The molecule has 0 radical (unpaired) electrons. The van der Waals surface area contributed by atoms with Crippen molar-refractivity contribution in [3.63, 3.8) is 0 Å². The fraction of sp³-hybridized carbons (Fsp3) is 0.423. The second-order valence-corrected chi connectivity index (χ2v) is 9.30. The van der Waals surface area contributed by atoms with Crippen LogP contribution in [0.25, 0.3) is 11.0 Å². The van der Waals surface area contributed by atoms with Crippen LogP contribution in [0.2, 0.25) is 0 Å². The fourth-order valence-corrected chi connectivity index (χ4v) is 4.18. The number of carbonyl (C=O) groups excluding carboxylic acids is 4. The average molecular weight is 592 g/mol. The van der Waals surface area contributed by atoms with Crippen LogP contribution in [0.5, 0.6) is 0 Å². The van der Waals surface area contributed by atoms with Crippen molar-refractivity contribution in [1.29, 1.82) is 0 Å². The first kappa shape index (κ1) is 31.2. The van der Waals surface area contributed by atoms with Crippen molar-refractivity contribution in [3.05, 3.63) is 46.3 Å². The smallest absolute Gasteiger partial charge is 0.345 e. The van der Waals surface area contributed by atoms with Crippen LogP contribution in [-0.4, -0.2) is 72.0 Å². The van der Waals surface area contributed by atoms with Gasteiger partial charge in [0.2, 0.25) is 0 Å². The molecule has 1 fully saturated rings. The van der Waals surface area contributed by atoms with E-state index < -0.39 is 66.8 Å². The van der Waals surface area contributed by atoms with Crippen molar-refractivity contribution in [3.8, 4) is 0 Å². The largest absolute Gasteiger partial charge is 0.463 e. The first-order chi connectivity index (χ1) is 19.3. The summed E-state index contributed by atoms with van der Waals surface area (Å²) in [7, 11) is 0. The summed E-state index contributed by atoms with van der Waals surface area (Å²) in [6.07, 6.45) is -6.51. The number of rotatable bonds is 8. The number of hydrogen-bond donors (Lipinski definition) is 2. The number of carbonyl (C=O) groups is 4. The van der Waals surface area contributed by atoms with E-state index in [1.165, 1.54) is 6.92 Å². The van der Waals surface area contributed by atoms with Crippen molar-refractivity contribution in [2.24, 2.45) is 5.10 Å². The van der Waals surface area contributed by atoms with Crippen LogP contribution in [-0.2, 0) is 42.9 Å². The molecule has 0 amide bonds. The molecular formula is C26H29N3O11S. The van der Waals surface area contributed by atoms with Gasteiger partial charge in [-0.1, -0.05) is 18.2 Å². The van der Waals surface area contributed by atoms with Crippen LogP contribution in [0.15, 0.2) is 44.6 Å². The number of nitrogens with zero attached hydrogens (tertiary/aromatic N) is 1. The Morgan fingerprint density at radius 1 is 0.902 bits per heavy atom. The van der Waals surface area contributed by atoms with Gasteiger partial charge in [-0.25, -0.2) is 4.79 Å². The van der Waals surface area contributed by atoms with Crippen LogP contribution in [0, 0.1) is 0 Å². The molecule has 0 bridgehead atoms.